The van der Waals surface area contributed by atoms with Gasteiger partial charge in [-0.3, -0.25) is 0 Å². The average Bonchev–Trinajstić information content (AvgIpc) is 2.77. The topological polar surface area (TPSA) is 12.0 Å². The molecule has 0 bridgehead atoms. The van der Waals surface area contributed by atoms with E-state index in [1.807, 2.05) is 6.07 Å². The minimum atomic E-state index is -0.190. The van der Waals surface area contributed by atoms with Crippen molar-refractivity contribution in [3.8, 4) is 0 Å². The number of benzene rings is 1. The Morgan fingerprint density at radius 2 is 2.20 bits per heavy atom. The molecule has 1 atom stereocenters. The maximum Gasteiger partial charge on any atom is 0.137 e. The van der Waals surface area contributed by atoms with Gasteiger partial charge < -0.3 is 5.32 Å². The standard InChI is InChI=1S/C12H15BrFN/c1-12(2)6-10(12)15-7-8-4-3-5-9(14)11(8)13/h3-5,10,15H,6-7H2,1-2H3. The molecule has 1 aliphatic carbocycles. The molecule has 0 amide bonds. The highest BCUT2D eigenvalue weighted by Crippen LogP contribution is 2.44. The maximum atomic E-state index is 13.2. The summed E-state index contributed by atoms with van der Waals surface area (Å²) >= 11 is 3.26. The summed E-state index contributed by atoms with van der Waals surface area (Å²) in [6, 6.07) is 5.73. The van der Waals surface area contributed by atoms with Crippen molar-refractivity contribution in [3.63, 3.8) is 0 Å². The highest BCUT2D eigenvalue weighted by molar-refractivity contribution is 9.10. The fourth-order valence-corrected chi connectivity index (χ4v) is 2.14. The van der Waals surface area contributed by atoms with Crippen LogP contribution in [-0.2, 0) is 6.54 Å². The first-order valence-electron chi connectivity index (χ1n) is 5.17. The van der Waals surface area contributed by atoms with Gasteiger partial charge in [0.15, 0.2) is 0 Å². The number of rotatable bonds is 3. The zero-order valence-electron chi connectivity index (χ0n) is 8.98. The summed E-state index contributed by atoms with van der Waals surface area (Å²) < 4.78 is 13.8. The van der Waals surface area contributed by atoms with Gasteiger partial charge in [0.25, 0.3) is 0 Å². The Balaban J connectivity index is 1.97. The van der Waals surface area contributed by atoms with Crippen LogP contribution >= 0.6 is 15.9 Å². The van der Waals surface area contributed by atoms with E-state index in [1.165, 1.54) is 12.5 Å². The lowest BCUT2D eigenvalue weighted by Crippen LogP contribution is -2.20. The van der Waals surface area contributed by atoms with E-state index in [2.05, 4.69) is 35.1 Å². The number of hydrogen-bond donors (Lipinski definition) is 1. The predicted octanol–water partition coefficient (Wildman–Crippen LogP) is 3.48. The molecule has 1 nitrogen and oxygen atoms in total. The lowest BCUT2D eigenvalue weighted by atomic mass is 10.2. The molecule has 3 heteroatoms. The molecule has 0 heterocycles. The molecule has 1 fully saturated rings. The second kappa shape index (κ2) is 3.87. The molecule has 0 saturated heterocycles. The molecular formula is C12H15BrFN. The van der Waals surface area contributed by atoms with Crippen molar-refractivity contribution >= 4 is 15.9 Å². The Morgan fingerprint density at radius 1 is 1.53 bits per heavy atom. The molecular weight excluding hydrogens is 257 g/mol. The van der Waals surface area contributed by atoms with Crippen LogP contribution in [0.3, 0.4) is 0 Å². The smallest absolute Gasteiger partial charge is 0.137 e. The van der Waals surface area contributed by atoms with Crippen LogP contribution in [0.4, 0.5) is 4.39 Å². The summed E-state index contributed by atoms with van der Waals surface area (Å²) in [6.07, 6.45) is 1.21. The summed E-state index contributed by atoms with van der Waals surface area (Å²) in [7, 11) is 0. The molecule has 82 valence electrons. The third-order valence-corrected chi connectivity index (χ3v) is 3.97. The first kappa shape index (κ1) is 11.1. The second-order valence-corrected chi connectivity index (χ2v) is 5.63. The van der Waals surface area contributed by atoms with E-state index < -0.39 is 0 Å². The molecule has 1 unspecified atom stereocenters. The summed E-state index contributed by atoms with van der Waals surface area (Å²) in [4.78, 5) is 0. The highest BCUT2D eigenvalue weighted by Gasteiger charge is 2.44. The van der Waals surface area contributed by atoms with Gasteiger partial charge in [0.2, 0.25) is 0 Å². The third kappa shape index (κ3) is 2.40. The van der Waals surface area contributed by atoms with Crippen molar-refractivity contribution in [1.82, 2.24) is 5.32 Å². The van der Waals surface area contributed by atoms with Crippen molar-refractivity contribution in [2.45, 2.75) is 32.9 Å². The van der Waals surface area contributed by atoms with Crippen LogP contribution < -0.4 is 5.32 Å². The van der Waals surface area contributed by atoms with Crippen molar-refractivity contribution in [1.29, 1.82) is 0 Å². The van der Waals surface area contributed by atoms with E-state index in [-0.39, 0.29) is 5.82 Å². The largest absolute Gasteiger partial charge is 0.309 e. The van der Waals surface area contributed by atoms with Crippen LogP contribution in [0.2, 0.25) is 0 Å². The van der Waals surface area contributed by atoms with E-state index in [1.54, 1.807) is 6.07 Å². The van der Waals surface area contributed by atoms with Gasteiger partial charge in [0.05, 0.1) is 4.47 Å². The van der Waals surface area contributed by atoms with Crippen LogP contribution in [0.1, 0.15) is 25.8 Å². The molecule has 0 aromatic heterocycles. The van der Waals surface area contributed by atoms with E-state index >= 15 is 0 Å². The van der Waals surface area contributed by atoms with Crippen molar-refractivity contribution < 1.29 is 4.39 Å². The Labute approximate surface area is 98.2 Å². The Kier molecular flexibility index (Phi) is 2.86. The Bertz CT molecular complexity index is 376. The normalized spacial score (nSPS) is 22.8. The average molecular weight is 272 g/mol. The minimum absolute atomic E-state index is 0.190. The molecule has 1 aromatic carbocycles. The SMILES string of the molecule is CC1(C)CC1NCc1cccc(F)c1Br. The molecule has 1 aliphatic rings. The number of halogens is 2. The quantitative estimate of drug-likeness (QED) is 0.888. The van der Waals surface area contributed by atoms with Crippen molar-refractivity contribution in [3.05, 3.63) is 34.1 Å². The van der Waals surface area contributed by atoms with Gasteiger partial charge in [0.1, 0.15) is 5.82 Å². The van der Waals surface area contributed by atoms with Crippen LogP contribution in [0, 0.1) is 11.2 Å². The predicted molar refractivity (Wildman–Crippen MR) is 63.1 cm³/mol. The zero-order valence-corrected chi connectivity index (χ0v) is 10.6. The Morgan fingerprint density at radius 3 is 2.80 bits per heavy atom. The summed E-state index contributed by atoms with van der Waals surface area (Å²) in [5, 5.41) is 3.43. The Hall–Kier alpha value is -0.410. The molecule has 0 aliphatic heterocycles. The van der Waals surface area contributed by atoms with Crippen molar-refractivity contribution in [2.75, 3.05) is 0 Å². The lowest BCUT2D eigenvalue weighted by Gasteiger charge is -2.08. The van der Waals surface area contributed by atoms with E-state index in [9.17, 15) is 4.39 Å². The molecule has 2 rings (SSSR count). The summed E-state index contributed by atoms with van der Waals surface area (Å²) in [5.41, 5.74) is 1.40. The van der Waals surface area contributed by atoms with E-state index in [0.29, 0.717) is 15.9 Å². The van der Waals surface area contributed by atoms with E-state index in [4.69, 9.17) is 0 Å². The maximum absolute atomic E-state index is 13.2. The number of hydrogen-bond acceptors (Lipinski definition) is 1. The van der Waals surface area contributed by atoms with Gasteiger partial charge in [-0.1, -0.05) is 26.0 Å². The monoisotopic (exact) mass is 271 g/mol. The first-order valence-corrected chi connectivity index (χ1v) is 5.96. The highest BCUT2D eigenvalue weighted by atomic mass is 79.9. The molecule has 15 heavy (non-hydrogen) atoms. The fraction of sp³-hybridized carbons (Fsp3) is 0.500. The molecule has 1 aromatic rings. The van der Waals surface area contributed by atoms with Crippen LogP contribution in [0.5, 0.6) is 0 Å². The minimum Gasteiger partial charge on any atom is -0.309 e. The second-order valence-electron chi connectivity index (χ2n) is 4.84. The fourth-order valence-electron chi connectivity index (χ4n) is 1.73. The lowest BCUT2D eigenvalue weighted by molar-refractivity contribution is 0.539. The molecule has 0 radical (unpaired) electrons. The van der Waals surface area contributed by atoms with Gasteiger partial charge in [-0.25, -0.2) is 4.39 Å². The van der Waals surface area contributed by atoms with Gasteiger partial charge in [0, 0.05) is 12.6 Å². The van der Waals surface area contributed by atoms with Gasteiger partial charge in [-0.2, -0.15) is 0 Å². The third-order valence-electron chi connectivity index (χ3n) is 3.08. The number of nitrogens with one attached hydrogen (secondary N) is 1. The zero-order chi connectivity index (χ0) is 11.1. The van der Waals surface area contributed by atoms with Crippen LogP contribution in [0.15, 0.2) is 22.7 Å². The van der Waals surface area contributed by atoms with Gasteiger partial charge in [-0.15, -0.1) is 0 Å². The van der Waals surface area contributed by atoms with E-state index in [0.717, 1.165) is 12.1 Å². The first-order chi connectivity index (χ1) is 7.00. The summed E-state index contributed by atoms with van der Waals surface area (Å²) in [5.74, 6) is -0.190. The summed E-state index contributed by atoms with van der Waals surface area (Å²) in [6.45, 7) is 5.21. The molecule has 1 saturated carbocycles. The molecule has 1 N–H and O–H groups in total. The van der Waals surface area contributed by atoms with Crippen molar-refractivity contribution in [2.24, 2.45) is 5.41 Å². The van der Waals surface area contributed by atoms with Gasteiger partial charge in [-0.05, 0) is 39.4 Å². The van der Waals surface area contributed by atoms with Crippen LogP contribution in [0.25, 0.3) is 0 Å². The van der Waals surface area contributed by atoms with Gasteiger partial charge >= 0.3 is 0 Å². The van der Waals surface area contributed by atoms with Crippen LogP contribution in [-0.4, -0.2) is 6.04 Å². The molecule has 0 spiro atoms.